The number of thiazole rings is 1. The van der Waals surface area contributed by atoms with Gasteiger partial charge in [0.2, 0.25) is 5.91 Å². The van der Waals surface area contributed by atoms with Crippen LogP contribution in [0.3, 0.4) is 0 Å². The second-order valence-corrected chi connectivity index (χ2v) is 9.46. The number of carbonyl (C=O) groups is 1. The molecule has 1 aliphatic rings. The van der Waals surface area contributed by atoms with Gasteiger partial charge in [-0.25, -0.2) is 14.4 Å². The van der Waals surface area contributed by atoms with Gasteiger partial charge in [-0.15, -0.1) is 11.3 Å². The molecular formula is C22H21FN6O2S2. The number of halogens is 1. The number of fused-ring (bicyclic) bond motifs is 1. The van der Waals surface area contributed by atoms with Gasteiger partial charge in [0.25, 0.3) is 5.56 Å². The van der Waals surface area contributed by atoms with Crippen molar-refractivity contribution in [1.29, 1.82) is 0 Å². The smallest absolute Gasteiger partial charge is 0.258 e. The third kappa shape index (κ3) is 4.85. The van der Waals surface area contributed by atoms with Crippen molar-refractivity contribution < 1.29 is 9.18 Å². The van der Waals surface area contributed by atoms with Crippen LogP contribution in [-0.4, -0.2) is 66.6 Å². The van der Waals surface area contributed by atoms with E-state index >= 15 is 0 Å². The van der Waals surface area contributed by atoms with Crippen LogP contribution in [0, 0.1) is 5.82 Å². The molecule has 1 aliphatic heterocycles. The minimum absolute atomic E-state index is 0.0461. The molecule has 0 atom stereocenters. The number of rotatable bonds is 6. The lowest BCUT2D eigenvalue weighted by Gasteiger charge is -2.34. The standard InChI is InChI=1S/C22H21FN6O2S2/c23-16-2-1-3-18(12-16)28-5-4-24-21(28)33-15-20(31)27-8-6-26(7-9-27)14-17-13-19(30)29-10-11-32-22(29)25-17/h1-5,10-13H,6-9,14-15H2. The van der Waals surface area contributed by atoms with Crippen molar-refractivity contribution in [3.8, 4) is 5.69 Å². The molecule has 1 aromatic carbocycles. The molecule has 11 heteroatoms. The first-order valence-corrected chi connectivity index (χ1v) is 12.3. The molecule has 0 bridgehead atoms. The lowest BCUT2D eigenvalue weighted by atomic mass is 10.3. The van der Waals surface area contributed by atoms with Crippen LogP contribution in [0.15, 0.2) is 64.3 Å². The van der Waals surface area contributed by atoms with Crippen LogP contribution in [0.5, 0.6) is 0 Å². The minimum atomic E-state index is -0.318. The summed E-state index contributed by atoms with van der Waals surface area (Å²) in [6, 6.07) is 7.86. The van der Waals surface area contributed by atoms with Crippen molar-refractivity contribution in [2.24, 2.45) is 0 Å². The molecule has 1 fully saturated rings. The lowest BCUT2D eigenvalue weighted by molar-refractivity contribution is -0.130. The van der Waals surface area contributed by atoms with Gasteiger partial charge in [0, 0.05) is 62.8 Å². The number of aromatic nitrogens is 4. The van der Waals surface area contributed by atoms with E-state index in [-0.39, 0.29) is 23.0 Å². The first-order chi connectivity index (χ1) is 16.1. The average molecular weight is 485 g/mol. The average Bonchev–Trinajstić information content (AvgIpc) is 3.48. The van der Waals surface area contributed by atoms with Crippen LogP contribution in [-0.2, 0) is 11.3 Å². The molecule has 0 saturated carbocycles. The highest BCUT2D eigenvalue weighted by Crippen LogP contribution is 2.21. The number of benzene rings is 1. The fourth-order valence-electron chi connectivity index (χ4n) is 3.79. The van der Waals surface area contributed by atoms with Crippen LogP contribution in [0.4, 0.5) is 4.39 Å². The normalized spacial score (nSPS) is 14.8. The van der Waals surface area contributed by atoms with Gasteiger partial charge >= 0.3 is 0 Å². The molecular weight excluding hydrogens is 463 g/mol. The summed E-state index contributed by atoms with van der Waals surface area (Å²) >= 11 is 2.78. The van der Waals surface area contributed by atoms with E-state index in [1.165, 1.54) is 35.2 Å². The van der Waals surface area contributed by atoms with Crippen LogP contribution >= 0.6 is 23.1 Å². The van der Waals surface area contributed by atoms with E-state index in [4.69, 9.17) is 0 Å². The maximum Gasteiger partial charge on any atom is 0.258 e. The number of hydrogen-bond donors (Lipinski definition) is 0. The molecule has 8 nitrogen and oxygen atoms in total. The Morgan fingerprint density at radius 1 is 1.15 bits per heavy atom. The van der Waals surface area contributed by atoms with Crippen LogP contribution < -0.4 is 5.56 Å². The second-order valence-electron chi connectivity index (χ2n) is 7.65. The highest BCUT2D eigenvalue weighted by Gasteiger charge is 2.22. The minimum Gasteiger partial charge on any atom is -0.339 e. The Labute approximate surface area is 197 Å². The van der Waals surface area contributed by atoms with E-state index in [2.05, 4.69) is 14.9 Å². The molecule has 0 aliphatic carbocycles. The van der Waals surface area contributed by atoms with Gasteiger partial charge in [0.1, 0.15) is 5.82 Å². The van der Waals surface area contributed by atoms with Gasteiger partial charge in [-0.3, -0.25) is 23.5 Å². The molecule has 1 saturated heterocycles. The van der Waals surface area contributed by atoms with Gasteiger partial charge in [-0.2, -0.15) is 0 Å². The monoisotopic (exact) mass is 484 g/mol. The van der Waals surface area contributed by atoms with Gasteiger partial charge in [-0.1, -0.05) is 17.8 Å². The Bertz CT molecular complexity index is 1340. The third-order valence-corrected chi connectivity index (χ3v) is 7.19. The van der Waals surface area contributed by atoms with Crippen LogP contribution in [0.1, 0.15) is 5.69 Å². The zero-order valence-corrected chi connectivity index (χ0v) is 19.3. The van der Waals surface area contributed by atoms with Crippen molar-refractivity contribution in [2.45, 2.75) is 11.7 Å². The van der Waals surface area contributed by atoms with Gasteiger partial charge in [-0.05, 0) is 18.2 Å². The lowest BCUT2D eigenvalue weighted by Crippen LogP contribution is -2.49. The van der Waals surface area contributed by atoms with Gasteiger partial charge in [0.05, 0.1) is 17.1 Å². The van der Waals surface area contributed by atoms with E-state index in [1.807, 2.05) is 10.3 Å². The molecule has 0 N–H and O–H groups in total. The highest BCUT2D eigenvalue weighted by atomic mass is 32.2. The Balaban J connectivity index is 1.15. The molecule has 0 spiro atoms. The summed E-state index contributed by atoms with van der Waals surface area (Å²) in [5.74, 6) is -0.00803. The molecule has 1 amide bonds. The molecule has 3 aromatic heterocycles. The number of hydrogen-bond acceptors (Lipinski definition) is 7. The summed E-state index contributed by atoms with van der Waals surface area (Å²) in [4.78, 5) is 38.6. The molecule has 170 valence electrons. The van der Waals surface area contributed by atoms with E-state index in [9.17, 15) is 14.0 Å². The van der Waals surface area contributed by atoms with E-state index < -0.39 is 0 Å². The second kappa shape index (κ2) is 9.46. The largest absolute Gasteiger partial charge is 0.339 e. The molecule has 4 heterocycles. The summed E-state index contributed by atoms with van der Waals surface area (Å²) in [5.41, 5.74) is 1.35. The molecule has 33 heavy (non-hydrogen) atoms. The quantitative estimate of drug-likeness (QED) is 0.392. The van der Waals surface area contributed by atoms with Crippen molar-refractivity contribution in [2.75, 3.05) is 31.9 Å². The Morgan fingerprint density at radius 3 is 2.82 bits per heavy atom. The number of amides is 1. The summed E-state index contributed by atoms with van der Waals surface area (Å²) < 4.78 is 16.9. The fraction of sp³-hybridized carbons (Fsp3) is 0.273. The van der Waals surface area contributed by atoms with E-state index in [1.54, 1.807) is 45.8 Å². The number of nitrogens with zero attached hydrogens (tertiary/aromatic N) is 6. The summed E-state index contributed by atoms with van der Waals surface area (Å²) in [5, 5.41) is 2.49. The van der Waals surface area contributed by atoms with Crippen molar-refractivity contribution in [1.82, 2.24) is 28.7 Å². The summed E-state index contributed by atoms with van der Waals surface area (Å²) in [6.45, 7) is 3.28. The van der Waals surface area contributed by atoms with E-state index in [0.29, 0.717) is 35.4 Å². The van der Waals surface area contributed by atoms with Crippen LogP contribution in [0.25, 0.3) is 10.6 Å². The van der Waals surface area contributed by atoms with Crippen LogP contribution in [0.2, 0.25) is 0 Å². The topological polar surface area (TPSA) is 75.7 Å². The third-order valence-electron chi connectivity index (χ3n) is 5.48. The maximum absolute atomic E-state index is 13.6. The summed E-state index contributed by atoms with van der Waals surface area (Å²) in [6.07, 6.45) is 5.13. The van der Waals surface area contributed by atoms with Crippen molar-refractivity contribution in [3.05, 3.63) is 76.2 Å². The number of imidazole rings is 1. The SMILES string of the molecule is O=C(CSc1nccn1-c1cccc(F)c1)N1CCN(Cc2cc(=O)n3ccsc3n2)CC1. The first kappa shape index (κ1) is 21.8. The highest BCUT2D eigenvalue weighted by molar-refractivity contribution is 7.99. The number of carbonyl (C=O) groups excluding carboxylic acids is 1. The molecule has 5 rings (SSSR count). The number of piperazine rings is 1. The van der Waals surface area contributed by atoms with Crippen molar-refractivity contribution >= 4 is 34.0 Å². The zero-order valence-electron chi connectivity index (χ0n) is 17.6. The summed E-state index contributed by atoms with van der Waals surface area (Å²) in [7, 11) is 0. The van der Waals surface area contributed by atoms with E-state index in [0.717, 1.165) is 18.8 Å². The Morgan fingerprint density at radius 2 is 2.00 bits per heavy atom. The van der Waals surface area contributed by atoms with Gasteiger partial charge < -0.3 is 4.90 Å². The molecule has 0 radical (unpaired) electrons. The molecule has 0 unspecified atom stereocenters. The van der Waals surface area contributed by atoms with Crippen molar-refractivity contribution in [3.63, 3.8) is 0 Å². The maximum atomic E-state index is 13.6. The Kier molecular flexibility index (Phi) is 6.25. The molecule has 4 aromatic rings. The zero-order chi connectivity index (χ0) is 22.8. The predicted molar refractivity (Wildman–Crippen MR) is 125 cm³/mol. The Hall–Kier alpha value is -3.02. The first-order valence-electron chi connectivity index (χ1n) is 10.4. The van der Waals surface area contributed by atoms with Gasteiger partial charge in [0.15, 0.2) is 10.1 Å². The number of thioether (sulfide) groups is 1. The predicted octanol–water partition coefficient (Wildman–Crippen LogP) is 2.52. The fourth-order valence-corrected chi connectivity index (χ4v) is 5.40.